The molecule has 1 rings (SSSR count). The van der Waals surface area contributed by atoms with Gasteiger partial charge >= 0.3 is 0 Å². The van der Waals surface area contributed by atoms with Crippen LogP contribution in [-0.2, 0) is 4.74 Å². The molecule has 0 bridgehead atoms. The van der Waals surface area contributed by atoms with Gasteiger partial charge in [0.1, 0.15) is 0 Å². The Labute approximate surface area is 107 Å². The molecule has 0 amide bonds. The highest BCUT2D eigenvalue weighted by Crippen LogP contribution is 2.25. The monoisotopic (exact) mass is 242 g/mol. The molecule has 0 aromatic heterocycles. The minimum absolute atomic E-state index is 0.375. The molecule has 0 saturated carbocycles. The third-order valence-corrected chi connectivity index (χ3v) is 3.43. The van der Waals surface area contributed by atoms with Gasteiger partial charge in [-0.1, -0.05) is 27.7 Å². The van der Waals surface area contributed by atoms with Crippen molar-refractivity contribution < 1.29 is 4.74 Å². The number of hydrogen-bond acceptors (Lipinski definition) is 3. The standard InChI is InChI=1S/C14H30N2O/c1-5-13-11-16(6-7-17-13)10-12(9-15)8-14(2,3)4/h12-13H,5-11,15H2,1-4H3. The molecular formula is C14H30N2O. The average Bonchev–Trinajstić information content (AvgIpc) is 2.26. The Bertz CT molecular complexity index is 213. The van der Waals surface area contributed by atoms with Crippen molar-refractivity contribution in [3.63, 3.8) is 0 Å². The van der Waals surface area contributed by atoms with Crippen molar-refractivity contribution in [2.75, 3.05) is 32.8 Å². The molecule has 1 aliphatic rings. The lowest BCUT2D eigenvalue weighted by Gasteiger charge is -2.36. The summed E-state index contributed by atoms with van der Waals surface area (Å²) in [5.74, 6) is 0.616. The molecule has 3 heteroatoms. The lowest BCUT2D eigenvalue weighted by atomic mass is 9.84. The lowest BCUT2D eigenvalue weighted by Crippen LogP contribution is -2.45. The second-order valence-corrected chi connectivity index (χ2v) is 6.53. The average molecular weight is 242 g/mol. The van der Waals surface area contributed by atoms with E-state index in [0.29, 0.717) is 17.4 Å². The van der Waals surface area contributed by atoms with E-state index < -0.39 is 0 Å². The van der Waals surface area contributed by atoms with Crippen molar-refractivity contribution in [1.29, 1.82) is 0 Å². The van der Waals surface area contributed by atoms with Gasteiger partial charge in [0.15, 0.2) is 0 Å². The molecule has 3 nitrogen and oxygen atoms in total. The number of nitrogens with two attached hydrogens (primary N) is 1. The highest BCUT2D eigenvalue weighted by atomic mass is 16.5. The van der Waals surface area contributed by atoms with Crippen LogP contribution in [0.2, 0.25) is 0 Å². The second-order valence-electron chi connectivity index (χ2n) is 6.53. The van der Waals surface area contributed by atoms with Gasteiger partial charge in [0, 0.05) is 19.6 Å². The first kappa shape index (κ1) is 14.9. The summed E-state index contributed by atoms with van der Waals surface area (Å²) in [5, 5.41) is 0. The Morgan fingerprint density at radius 1 is 1.41 bits per heavy atom. The van der Waals surface area contributed by atoms with Gasteiger partial charge < -0.3 is 10.5 Å². The molecule has 2 N–H and O–H groups in total. The van der Waals surface area contributed by atoms with E-state index >= 15 is 0 Å². The SMILES string of the molecule is CCC1CN(CC(CN)CC(C)(C)C)CCO1. The zero-order valence-corrected chi connectivity index (χ0v) is 12.0. The molecule has 102 valence electrons. The van der Waals surface area contributed by atoms with Crippen LogP contribution in [0.15, 0.2) is 0 Å². The van der Waals surface area contributed by atoms with Gasteiger partial charge in [-0.3, -0.25) is 4.90 Å². The summed E-state index contributed by atoms with van der Waals surface area (Å²) in [6.07, 6.45) is 2.75. The van der Waals surface area contributed by atoms with Gasteiger partial charge in [0.25, 0.3) is 0 Å². The molecule has 0 radical (unpaired) electrons. The summed E-state index contributed by atoms with van der Waals surface area (Å²) in [7, 11) is 0. The third-order valence-electron chi connectivity index (χ3n) is 3.43. The molecule has 1 heterocycles. The van der Waals surface area contributed by atoms with E-state index in [1.54, 1.807) is 0 Å². The number of morpholine rings is 1. The zero-order chi connectivity index (χ0) is 12.9. The fourth-order valence-corrected chi connectivity index (χ4v) is 2.65. The van der Waals surface area contributed by atoms with Crippen molar-refractivity contribution in [2.45, 2.75) is 46.6 Å². The van der Waals surface area contributed by atoms with Crippen LogP contribution in [0.5, 0.6) is 0 Å². The zero-order valence-electron chi connectivity index (χ0n) is 12.0. The lowest BCUT2D eigenvalue weighted by molar-refractivity contribution is -0.0351. The van der Waals surface area contributed by atoms with Crippen LogP contribution in [-0.4, -0.2) is 43.8 Å². The predicted molar refractivity (Wildman–Crippen MR) is 73.1 cm³/mol. The molecule has 1 saturated heterocycles. The topological polar surface area (TPSA) is 38.5 Å². The van der Waals surface area contributed by atoms with Crippen LogP contribution in [0.3, 0.4) is 0 Å². The van der Waals surface area contributed by atoms with Crippen LogP contribution in [0.4, 0.5) is 0 Å². The smallest absolute Gasteiger partial charge is 0.0700 e. The number of nitrogens with zero attached hydrogens (tertiary/aromatic N) is 1. The van der Waals surface area contributed by atoms with E-state index in [-0.39, 0.29) is 0 Å². The van der Waals surface area contributed by atoms with Crippen molar-refractivity contribution in [2.24, 2.45) is 17.1 Å². The van der Waals surface area contributed by atoms with Gasteiger partial charge in [-0.05, 0) is 30.7 Å². The van der Waals surface area contributed by atoms with E-state index in [4.69, 9.17) is 10.5 Å². The molecule has 17 heavy (non-hydrogen) atoms. The van der Waals surface area contributed by atoms with Gasteiger partial charge in [-0.2, -0.15) is 0 Å². The second kappa shape index (κ2) is 6.72. The number of rotatable bonds is 5. The molecule has 0 spiro atoms. The predicted octanol–water partition coefficient (Wildman–Crippen LogP) is 2.11. The van der Waals surface area contributed by atoms with E-state index in [2.05, 4.69) is 32.6 Å². The molecule has 2 unspecified atom stereocenters. The van der Waals surface area contributed by atoms with Gasteiger partial charge in [-0.15, -0.1) is 0 Å². The van der Waals surface area contributed by atoms with E-state index in [1.807, 2.05) is 0 Å². The van der Waals surface area contributed by atoms with Crippen molar-refractivity contribution >= 4 is 0 Å². The van der Waals surface area contributed by atoms with Gasteiger partial charge in [-0.25, -0.2) is 0 Å². The van der Waals surface area contributed by atoms with Gasteiger partial charge in [0.2, 0.25) is 0 Å². The summed E-state index contributed by atoms with van der Waals surface area (Å²) < 4.78 is 5.70. The molecule has 0 aromatic carbocycles. The maximum atomic E-state index is 5.91. The first-order chi connectivity index (χ1) is 7.94. The van der Waals surface area contributed by atoms with Crippen molar-refractivity contribution in [1.82, 2.24) is 4.90 Å². The van der Waals surface area contributed by atoms with Crippen LogP contribution in [0.1, 0.15) is 40.5 Å². The van der Waals surface area contributed by atoms with Crippen molar-refractivity contribution in [3.05, 3.63) is 0 Å². The highest BCUT2D eigenvalue weighted by Gasteiger charge is 2.24. The fraction of sp³-hybridized carbons (Fsp3) is 1.00. The largest absolute Gasteiger partial charge is 0.376 e. The van der Waals surface area contributed by atoms with E-state index in [9.17, 15) is 0 Å². The molecular weight excluding hydrogens is 212 g/mol. The summed E-state index contributed by atoms with van der Waals surface area (Å²) in [6.45, 7) is 14.0. The molecule has 2 atom stereocenters. The van der Waals surface area contributed by atoms with Crippen LogP contribution in [0.25, 0.3) is 0 Å². The Morgan fingerprint density at radius 3 is 2.65 bits per heavy atom. The highest BCUT2D eigenvalue weighted by molar-refractivity contribution is 4.77. The molecule has 0 aliphatic carbocycles. The summed E-state index contributed by atoms with van der Waals surface area (Å²) in [5.41, 5.74) is 6.28. The first-order valence-electron chi connectivity index (χ1n) is 6.98. The normalized spacial score (nSPS) is 24.9. The van der Waals surface area contributed by atoms with Crippen molar-refractivity contribution in [3.8, 4) is 0 Å². The first-order valence-corrected chi connectivity index (χ1v) is 6.98. The number of hydrogen-bond donors (Lipinski definition) is 1. The molecule has 1 aliphatic heterocycles. The van der Waals surface area contributed by atoms with E-state index in [0.717, 1.165) is 39.2 Å². The quantitative estimate of drug-likeness (QED) is 0.802. The maximum Gasteiger partial charge on any atom is 0.0700 e. The van der Waals surface area contributed by atoms with Crippen LogP contribution < -0.4 is 5.73 Å². The minimum Gasteiger partial charge on any atom is -0.376 e. The Morgan fingerprint density at radius 2 is 2.12 bits per heavy atom. The van der Waals surface area contributed by atoms with Crippen LogP contribution in [0, 0.1) is 11.3 Å². The Kier molecular flexibility index (Phi) is 5.90. The van der Waals surface area contributed by atoms with Crippen LogP contribution >= 0.6 is 0 Å². The maximum absolute atomic E-state index is 5.91. The Hall–Kier alpha value is -0.120. The Balaban J connectivity index is 2.39. The minimum atomic E-state index is 0.375. The van der Waals surface area contributed by atoms with Gasteiger partial charge in [0.05, 0.1) is 12.7 Å². The summed E-state index contributed by atoms with van der Waals surface area (Å²) in [4.78, 5) is 2.53. The molecule has 0 aromatic rings. The third kappa shape index (κ3) is 5.84. The summed E-state index contributed by atoms with van der Waals surface area (Å²) >= 11 is 0. The molecule has 1 fully saturated rings. The summed E-state index contributed by atoms with van der Waals surface area (Å²) in [6, 6.07) is 0. The number of ether oxygens (including phenoxy) is 1. The van der Waals surface area contributed by atoms with E-state index in [1.165, 1.54) is 6.42 Å². The fourth-order valence-electron chi connectivity index (χ4n) is 2.65.